The molecule has 0 aromatic heterocycles. The monoisotopic (exact) mass is 300 g/mol. The Hall–Kier alpha value is -1.18. The minimum atomic E-state index is -1.15. The molecular weight excluding hydrogens is 276 g/mol. The van der Waals surface area contributed by atoms with Crippen LogP contribution in [-0.2, 0) is 14.3 Å². The zero-order chi connectivity index (χ0) is 16.0. The predicted octanol–water partition coefficient (Wildman–Crippen LogP) is -0.435. The molecule has 4 atom stereocenters. The number of aliphatic hydroxyl groups excluding tert-OH is 1. The van der Waals surface area contributed by atoms with E-state index in [9.17, 15) is 19.8 Å². The minimum absolute atomic E-state index is 0.0180. The molecule has 120 valence electrons. The third-order valence-corrected chi connectivity index (χ3v) is 5.04. The summed E-state index contributed by atoms with van der Waals surface area (Å²) in [5.41, 5.74) is 4.57. The van der Waals surface area contributed by atoms with Crippen LogP contribution < -0.4 is 5.73 Å². The number of likely N-dealkylation sites (tertiary alicyclic amines) is 1. The lowest BCUT2D eigenvalue weighted by atomic mass is 9.54. The highest BCUT2D eigenvalue weighted by molar-refractivity contribution is 5.92. The number of aliphatic carboxylic acids is 1. The van der Waals surface area contributed by atoms with Crippen LogP contribution in [0.25, 0.3) is 0 Å². The van der Waals surface area contributed by atoms with Crippen LogP contribution in [0.4, 0.5) is 0 Å². The molecule has 7 nitrogen and oxygen atoms in total. The summed E-state index contributed by atoms with van der Waals surface area (Å²) >= 11 is 0. The van der Waals surface area contributed by atoms with Crippen LogP contribution in [0.15, 0.2) is 0 Å². The number of amides is 1. The Morgan fingerprint density at radius 1 is 1.43 bits per heavy atom. The third-order valence-electron chi connectivity index (χ3n) is 5.04. The number of aliphatic hydroxyl groups is 1. The summed E-state index contributed by atoms with van der Waals surface area (Å²) < 4.78 is 5.58. The highest BCUT2D eigenvalue weighted by Crippen LogP contribution is 2.51. The van der Waals surface area contributed by atoms with Gasteiger partial charge in [0.25, 0.3) is 0 Å². The first kappa shape index (κ1) is 16.2. The Bertz CT molecular complexity index is 453. The van der Waals surface area contributed by atoms with Crippen LogP contribution in [0.2, 0.25) is 0 Å². The number of rotatable bonds is 4. The number of carboxylic acids is 1. The predicted molar refractivity (Wildman–Crippen MR) is 74.5 cm³/mol. The molecule has 0 bridgehead atoms. The van der Waals surface area contributed by atoms with E-state index in [1.807, 2.05) is 20.8 Å². The lowest BCUT2D eigenvalue weighted by molar-refractivity contribution is -0.181. The number of hydrogen-bond donors (Lipinski definition) is 3. The van der Waals surface area contributed by atoms with Gasteiger partial charge in [-0.25, -0.2) is 4.79 Å². The first-order chi connectivity index (χ1) is 9.65. The number of hydrogen-bond acceptors (Lipinski definition) is 5. The zero-order valence-corrected chi connectivity index (χ0v) is 12.7. The van der Waals surface area contributed by atoms with Crippen molar-refractivity contribution in [3.05, 3.63) is 0 Å². The van der Waals surface area contributed by atoms with Crippen LogP contribution >= 0.6 is 0 Å². The maximum Gasteiger partial charge on any atom is 0.326 e. The maximum atomic E-state index is 12.7. The Morgan fingerprint density at radius 2 is 2.05 bits per heavy atom. The zero-order valence-electron chi connectivity index (χ0n) is 12.7. The molecular formula is C14H24N2O5. The molecule has 0 radical (unpaired) electrons. The standard InChI is InChI=1S/C14H24N2O5/c1-4-21-10-6-14(15,13(10,2)3)12(20)16-7-8(17)5-9(16)11(18)19/h8-10,17H,4-7,15H2,1-3H3,(H,18,19)/t8?,9-,10?,14?/m0/s1. The molecule has 1 saturated heterocycles. The fraction of sp³-hybridized carbons (Fsp3) is 0.857. The van der Waals surface area contributed by atoms with Crippen molar-refractivity contribution in [3.8, 4) is 0 Å². The summed E-state index contributed by atoms with van der Waals surface area (Å²) in [6, 6.07) is -1.00. The fourth-order valence-electron chi connectivity index (χ4n) is 3.33. The molecule has 1 amide bonds. The first-order valence-electron chi connectivity index (χ1n) is 7.27. The van der Waals surface area contributed by atoms with Crippen molar-refractivity contribution < 1.29 is 24.5 Å². The smallest absolute Gasteiger partial charge is 0.326 e. The van der Waals surface area contributed by atoms with E-state index in [1.165, 1.54) is 4.90 Å². The van der Waals surface area contributed by atoms with Gasteiger partial charge in [-0.1, -0.05) is 13.8 Å². The number of carbonyl (C=O) groups excluding carboxylic acids is 1. The van der Waals surface area contributed by atoms with Gasteiger partial charge in [0.1, 0.15) is 11.6 Å². The van der Waals surface area contributed by atoms with Crippen molar-refractivity contribution in [1.29, 1.82) is 0 Å². The van der Waals surface area contributed by atoms with Crippen LogP contribution in [0.5, 0.6) is 0 Å². The molecule has 7 heteroatoms. The maximum absolute atomic E-state index is 12.7. The van der Waals surface area contributed by atoms with Gasteiger partial charge in [-0.3, -0.25) is 4.79 Å². The van der Waals surface area contributed by atoms with E-state index in [-0.39, 0.29) is 19.1 Å². The van der Waals surface area contributed by atoms with E-state index >= 15 is 0 Å². The number of ether oxygens (including phenoxy) is 1. The summed E-state index contributed by atoms with van der Waals surface area (Å²) in [5.74, 6) is -1.52. The van der Waals surface area contributed by atoms with Crippen LogP contribution in [0.3, 0.4) is 0 Å². The molecule has 2 rings (SSSR count). The Morgan fingerprint density at radius 3 is 2.52 bits per heavy atom. The quantitative estimate of drug-likeness (QED) is 0.649. The number of carbonyl (C=O) groups is 2. The summed E-state index contributed by atoms with van der Waals surface area (Å²) in [4.78, 5) is 25.2. The van der Waals surface area contributed by atoms with Crippen molar-refractivity contribution in [2.75, 3.05) is 13.2 Å². The highest BCUT2D eigenvalue weighted by atomic mass is 16.5. The third kappa shape index (κ3) is 2.33. The topological polar surface area (TPSA) is 113 Å². The second-order valence-electron chi connectivity index (χ2n) is 6.54. The molecule has 2 fully saturated rings. The SMILES string of the molecule is CCOC1CC(N)(C(=O)N2CC(O)C[C@H]2C(=O)O)C1(C)C. The van der Waals surface area contributed by atoms with Gasteiger partial charge in [-0.2, -0.15) is 0 Å². The Kier molecular flexibility index (Phi) is 4.03. The molecule has 1 aliphatic heterocycles. The second-order valence-corrected chi connectivity index (χ2v) is 6.54. The summed E-state index contributed by atoms with van der Waals surface area (Å²) in [6.45, 7) is 6.16. The second kappa shape index (κ2) is 5.23. The largest absolute Gasteiger partial charge is 0.480 e. The molecule has 1 saturated carbocycles. The Balaban J connectivity index is 2.18. The van der Waals surface area contributed by atoms with Crippen molar-refractivity contribution in [2.45, 2.75) is 57.4 Å². The molecule has 0 aromatic carbocycles. The summed E-state index contributed by atoms with van der Waals surface area (Å²) in [5, 5.41) is 18.9. The molecule has 0 spiro atoms. The molecule has 3 unspecified atom stereocenters. The van der Waals surface area contributed by atoms with E-state index in [4.69, 9.17) is 10.5 Å². The van der Waals surface area contributed by atoms with E-state index in [2.05, 4.69) is 0 Å². The van der Waals surface area contributed by atoms with Crippen molar-refractivity contribution >= 4 is 11.9 Å². The lowest BCUT2D eigenvalue weighted by Gasteiger charge is -2.58. The van der Waals surface area contributed by atoms with Gasteiger partial charge < -0.3 is 25.6 Å². The number of nitrogens with zero attached hydrogens (tertiary/aromatic N) is 1. The number of nitrogens with two attached hydrogens (primary N) is 1. The van der Waals surface area contributed by atoms with Gasteiger partial charge in [0.15, 0.2) is 0 Å². The molecule has 4 N–H and O–H groups in total. The normalized spacial score (nSPS) is 38.1. The minimum Gasteiger partial charge on any atom is -0.480 e. The van der Waals surface area contributed by atoms with E-state index in [0.717, 1.165) is 0 Å². The molecule has 1 aliphatic carbocycles. The van der Waals surface area contributed by atoms with Crippen LogP contribution in [0.1, 0.15) is 33.6 Å². The molecule has 2 aliphatic rings. The van der Waals surface area contributed by atoms with Crippen LogP contribution in [0, 0.1) is 5.41 Å². The van der Waals surface area contributed by atoms with Gasteiger partial charge in [-0.05, 0) is 6.92 Å². The van der Waals surface area contributed by atoms with Crippen LogP contribution in [-0.4, -0.2) is 63.9 Å². The fourth-order valence-corrected chi connectivity index (χ4v) is 3.33. The lowest BCUT2D eigenvalue weighted by Crippen LogP contribution is -2.76. The van der Waals surface area contributed by atoms with Gasteiger partial charge in [0.2, 0.25) is 5.91 Å². The summed E-state index contributed by atoms with van der Waals surface area (Å²) in [7, 11) is 0. The summed E-state index contributed by atoms with van der Waals surface area (Å²) in [6.07, 6.45) is -0.519. The molecule has 0 aromatic rings. The van der Waals surface area contributed by atoms with Gasteiger partial charge in [-0.15, -0.1) is 0 Å². The average Bonchev–Trinajstić information content (AvgIpc) is 2.79. The molecule has 1 heterocycles. The van der Waals surface area contributed by atoms with Gasteiger partial charge in [0.05, 0.1) is 12.2 Å². The number of β-amino-alcohol motifs (C(OH)–C–C–N with tert-alkyl or cyclic N) is 1. The van der Waals surface area contributed by atoms with E-state index in [0.29, 0.717) is 13.0 Å². The van der Waals surface area contributed by atoms with Crippen molar-refractivity contribution in [1.82, 2.24) is 4.90 Å². The first-order valence-corrected chi connectivity index (χ1v) is 7.27. The van der Waals surface area contributed by atoms with Gasteiger partial charge in [0, 0.05) is 31.4 Å². The molecule has 21 heavy (non-hydrogen) atoms. The van der Waals surface area contributed by atoms with E-state index in [1.54, 1.807) is 0 Å². The van der Waals surface area contributed by atoms with Crippen molar-refractivity contribution in [2.24, 2.45) is 11.1 Å². The number of carboxylic acid groups (broad SMARTS) is 1. The van der Waals surface area contributed by atoms with Gasteiger partial charge >= 0.3 is 5.97 Å². The highest BCUT2D eigenvalue weighted by Gasteiger charge is 2.64. The van der Waals surface area contributed by atoms with E-state index < -0.39 is 35.0 Å². The Labute approximate surface area is 124 Å². The van der Waals surface area contributed by atoms with Crippen molar-refractivity contribution in [3.63, 3.8) is 0 Å². The average molecular weight is 300 g/mol.